The average Bonchev–Trinajstić information content (AvgIpc) is 2.85. The van der Waals surface area contributed by atoms with E-state index in [1.807, 2.05) is 0 Å². The van der Waals surface area contributed by atoms with Gasteiger partial charge in [-0.25, -0.2) is 13.2 Å². The molecular formula is C27H22F9NO2S. The molecule has 1 N–H and O–H groups in total. The van der Waals surface area contributed by atoms with Crippen LogP contribution in [0.5, 0.6) is 0 Å². The van der Waals surface area contributed by atoms with Crippen LogP contribution in [-0.2, 0) is 32.5 Å². The van der Waals surface area contributed by atoms with Gasteiger partial charge in [0.15, 0.2) is 0 Å². The minimum absolute atomic E-state index is 0.132. The van der Waals surface area contributed by atoms with Crippen molar-refractivity contribution in [2.45, 2.75) is 53.1 Å². The van der Waals surface area contributed by atoms with Gasteiger partial charge in [0.2, 0.25) is 0 Å². The van der Waals surface area contributed by atoms with E-state index in [1.165, 1.54) is 12.1 Å². The fourth-order valence-corrected chi connectivity index (χ4v) is 6.70. The molecule has 0 spiro atoms. The van der Waals surface area contributed by atoms with E-state index >= 15 is 0 Å². The lowest BCUT2D eigenvalue weighted by atomic mass is 9.74. The molecule has 1 saturated carbocycles. The number of nitrogens with one attached hydrogen (secondary N) is 1. The lowest BCUT2D eigenvalue weighted by Gasteiger charge is -2.47. The second kappa shape index (κ2) is 10.8. The molecule has 3 nitrogen and oxygen atoms in total. The summed E-state index contributed by atoms with van der Waals surface area (Å²) in [5, 5.41) is 2.98. The molecule has 1 aliphatic rings. The van der Waals surface area contributed by atoms with Crippen LogP contribution >= 0.6 is 0 Å². The number of alkyl halides is 6. The third-order valence-electron chi connectivity index (χ3n) is 7.05. The van der Waals surface area contributed by atoms with Gasteiger partial charge in [0.1, 0.15) is 17.5 Å². The predicted octanol–water partition coefficient (Wildman–Crippen LogP) is 7.03. The van der Waals surface area contributed by atoms with Gasteiger partial charge in [-0.2, -0.15) is 26.3 Å². The molecule has 3 aromatic carbocycles. The topological polar surface area (TPSA) is 38.3 Å². The second-order valence-electron chi connectivity index (χ2n) is 9.35. The fraction of sp³-hybridized carbons (Fsp3) is 0.333. The lowest BCUT2D eigenvalue weighted by molar-refractivity contribution is -0.392. The van der Waals surface area contributed by atoms with Crippen molar-refractivity contribution >= 4 is 10.8 Å². The third kappa shape index (κ3) is 5.14. The highest BCUT2D eigenvalue weighted by Gasteiger charge is 2.73. The van der Waals surface area contributed by atoms with Crippen molar-refractivity contribution in [1.29, 1.82) is 0 Å². The number of ether oxygens (including phenoxy) is 1. The molecule has 0 aliphatic heterocycles. The molecule has 0 radical (unpaired) electrons. The Morgan fingerprint density at radius 2 is 1.38 bits per heavy atom. The zero-order valence-corrected chi connectivity index (χ0v) is 21.5. The Labute approximate surface area is 225 Å². The Morgan fingerprint density at radius 1 is 0.850 bits per heavy atom. The molecule has 216 valence electrons. The molecule has 13 heteroatoms. The van der Waals surface area contributed by atoms with E-state index in [-0.39, 0.29) is 29.3 Å². The first kappa shape index (κ1) is 30.1. The van der Waals surface area contributed by atoms with Crippen LogP contribution < -0.4 is 5.32 Å². The average molecular weight is 596 g/mol. The van der Waals surface area contributed by atoms with Crippen molar-refractivity contribution in [3.05, 3.63) is 101 Å². The molecule has 0 amide bonds. The van der Waals surface area contributed by atoms with Crippen LogP contribution in [0.4, 0.5) is 39.5 Å². The van der Waals surface area contributed by atoms with Crippen molar-refractivity contribution in [3.63, 3.8) is 0 Å². The highest BCUT2D eigenvalue weighted by atomic mass is 32.2. The maximum atomic E-state index is 14.2. The maximum absolute atomic E-state index is 14.2. The van der Waals surface area contributed by atoms with Crippen LogP contribution in [0.15, 0.2) is 71.6 Å². The molecule has 0 heterocycles. The van der Waals surface area contributed by atoms with E-state index in [1.54, 1.807) is 7.05 Å². The van der Waals surface area contributed by atoms with E-state index < -0.39 is 68.7 Å². The number of rotatable bonds is 8. The van der Waals surface area contributed by atoms with Crippen molar-refractivity contribution in [1.82, 2.24) is 5.32 Å². The van der Waals surface area contributed by atoms with E-state index in [9.17, 15) is 43.7 Å². The van der Waals surface area contributed by atoms with Crippen LogP contribution in [0.3, 0.4) is 0 Å². The Kier molecular flexibility index (Phi) is 8.14. The van der Waals surface area contributed by atoms with Gasteiger partial charge < -0.3 is 10.1 Å². The Bertz CT molecular complexity index is 1330. The number of hydrogen-bond donors (Lipinski definition) is 1. The second-order valence-corrected chi connectivity index (χ2v) is 11.1. The minimum Gasteiger partial charge on any atom is -0.349 e. The van der Waals surface area contributed by atoms with Gasteiger partial charge in [-0.1, -0.05) is 30.3 Å². The van der Waals surface area contributed by atoms with Crippen molar-refractivity contribution < 1.29 is 48.5 Å². The molecular weight excluding hydrogens is 573 g/mol. The highest BCUT2D eigenvalue weighted by Crippen LogP contribution is 2.54. The fourth-order valence-electron chi connectivity index (χ4n) is 4.81. The standard InChI is InChI=1S/C27H22F9NO2S/c1-37-19-13-24(14-19,40(38)20-11-9-18(28)10-12-20)16-5-7-17(8-6-16)25(26(31,32)33,27(34,35)36)39-15-21-22(29)3-2-4-23(21)30/h2-12,19,37H,13-15H2,1H3. The van der Waals surface area contributed by atoms with E-state index in [0.29, 0.717) is 24.3 Å². The van der Waals surface area contributed by atoms with Gasteiger partial charge in [-0.3, -0.25) is 4.21 Å². The normalized spacial score (nSPS) is 20.7. The van der Waals surface area contributed by atoms with Crippen LogP contribution in [-0.4, -0.2) is 29.7 Å². The first-order chi connectivity index (χ1) is 18.7. The molecule has 0 saturated heterocycles. The Morgan fingerprint density at radius 3 is 1.85 bits per heavy atom. The summed E-state index contributed by atoms with van der Waals surface area (Å²) in [7, 11) is -0.195. The van der Waals surface area contributed by atoms with Crippen LogP contribution in [0.1, 0.15) is 29.5 Å². The monoisotopic (exact) mass is 595 g/mol. The lowest BCUT2D eigenvalue weighted by Crippen LogP contribution is -2.56. The molecule has 0 bridgehead atoms. The summed E-state index contributed by atoms with van der Waals surface area (Å²) in [6.45, 7) is -1.67. The van der Waals surface area contributed by atoms with Gasteiger partial charge in [-0.15, -0.1) is 0 Å². The largest absolute Gasteiger partial charge is 0.430 e. The van der Waals surface area contributed by atoms with Crippen LogP contribution in [0, 0.1) is 17.5 Å². The first-order valence-corrected chi connectivity index (χ1v) is 13.0. The summed E-state index contributed by atoms with van der Waals surface area (Å²) in [6, 6.07) is 10.0. The summed E-state index contributed by atoms with van der Waals surface area (Å²) >= 11 is 0. The summed E-state index contributed by atoms with van der Waals surface area (Å²) < 4.78 is 144. The summed E-state index contributed by atoms with van der Waals surface area (Å²) in [5.74, 6) is -3.32. The Balaban J connectivity index is 1.77. The van der Waals surface area contributed by atoms with Gasteiger partial charge in [0, 0.05) is 22.1 Å². The maximum Gasteiger partial charge on any atom is 0.430 e. The molecule has 1 unspecified atom stereocenters. The SMILES string of the molecule is CNC1CC(c2ccc(C(OCc3c(F)cccc3F)(C(F)(F)F)C(F)(F)F)cc2)(S(=O)c2ccc(F)cc2)C1. The summed E-state index contributed by atoms with van der Waals surface area (Å²) in [6.07, 6.45) is -11.7. The van der Waals surface area contributed by atoms with E-state index in [0.717, 1.165) is 30.3 Å². The molecule has 4 rings (SSSR count). The third-order valence-corrected chi connectivity index (χ3v) is 9.03. The summed E-state index contributed by atoms with van der Waals surface area (Å²) in [4.78, 5) is 0.232. The van der Waals surface area contributed by atoms with E-state index in [4.69, 9.17) is 0 Å². The molecule has 1 atom stereocenters. The van der Waals surface area contributed by atoms with Gasteiger partial charge in [0.25, 0.3) is 5.60 Å². The van der Waals surface area contributed by atoms with Crippen LogP contribution in [0.2, 0.25) is 0 Å². The number of benzene rings is 3. The molecule has 1 aliphatic carbocycles. The predicted molar refractivity (Wildman–Crippen MR) is 128 cm³/mol. The van der Waals surface area contributed by atoms with Crippen molar-refractivity contribution in [2.24, 2.45) is 0 Å². The number of halogens is 9. The summed E-state index contributed by atoms with van der Waals surface area (Å²) in [5.41, 5.74) is -7.20. The van der Waals surface area contributed by atoms with E-state index in [2.05, 4.69) is 10.1 Å². The van der Waals surface area contributed by atoms with Gasteiger partial charge in [-0.05, 0) is 61.9 Å². The first-order valence-electron chi connectivity index (χ1n) is 11.8. The van der Waals surface area contributed by atoms with Crippen LogP contribution in [0.25, 0.3) is 0 Å². The highest BCUT2D eigenvalue weighted by molar-refractivity contribution is 7.86. The zero-order chi connectivity index (χ0) is 29.5. The molecule has 1 fully saturated rings. The zero-order valence-electron chi connectivity index (χ0n) is 20.7. The number of hydrogen-bond acceptors (Lipinski definition) is 3. The minimum atomic E-state index is -6.09. The Hall–Kier alpha value is -2.90. The molecule has 40 heavy (non-hydrogen) atoms. The van der Waals surface area contributed by atoms with Gasteiger partial charge in [0.05, 0.1) is 22.2 Å². The quantitative estimate of drug-likeness (QED) is 0.285. The van der Waals surface area contributed by atoms with Gasteiger partial charge >= 0.3 is 12.4 Å². The molecule has 3 aromatic rings. The smallest absolute Gasteiger partial charge is 0.349 e. The van der Waals surface area contributed by atoms with Crippen molar-refractivity contribution in [3.8, 4) is 0 Å². The van der Waals surface area contributed by atoms with Crippen molar-refractivity contribution in [2.75, 3.05) is 7.05 Å². The molecule has 0 aromatic heterocycles.